The lowest BCUT2D eigenvalue weighted by atomic mass is 9.94. The van der Waals surface area contributed by atoms with Crippen LogP contribution >= 0.6 is 23.1 Å². The third-order valence-corrected chi connectivity index (χ3v) is 9.03. The van der Waals surface area contributed by atoms with E-state index in [4.69, 9.17) is 4.74 Å². The SMILES string of the molecule is Cc1ccc(CSc2nnc(N3C(=O)C(=O)C(=C(O)c4ccc5c(c4)C[C@H](C)O5)[C@H]3c3ccccc3F)s2)cc1. The number of nitrogens with zero attached hydrogens (tertiary/aromatic N) is 3. The number of carbonyl (C=O) groups is 2. The van der Waals surface area contributed by atoms with Crippen LogP contribution in [0.3, 0.4) is 0 Å². The molecule has 2 aliphatic rings. The van der Waals surface area contributed by atoms with Crippen LogP contribution in [-0.2, 0) is 21.8 Å². The van der Waals surface area contributed by atoms with Crippen molar-refractivity contribution in [3.8, 4) is 5.75 Å². The number of carbonyl (C=O) groups excluding carboxylic acids is 2. The van der Waals surface area contributed by atoms with Crippen LogP contribution in [-0.4, -0.2) is 33.1 Å². The number of fused-ring (bicyclic) bond motifs is 1. The molecule has 4 aromatic rings. The largest absolute Gasteiger partial charge is 0.507 e. The van der Waals surface area contributed by atoms with Crippen LogP contribution in [0.25, 0.3) is 5.76 Å². The van der Waals surface area contributed by atoms with Crippen molar-refractivity contribution in [1.29, 1.82) is 0 Å². The molecule has 2 aliphatic heterocycles. The first-order valence-electron chi connectivity index (χ1n) is 12.7. The zero-order valence-corrected chi connectivity index (χ0v) is 23.3. The zero-order valence-electron chi connectivity index (χ0n) is 21.6. The Morgan fingerprint density at radius 3 is 2.67 bits per heavy atom. The molecule has 202 valence electrons. The highest BCUT2D eigenvalue weighted by Crippen LogP contribution is 2.45. The Balaban J connectivity index is 1.39. The van der Waals surface area contributed by atoms with Gasteiger partial charge in [0.1, 0.15) is 29.5 Å². The Kier molecular flexibility index (Phi) is 6.89. The molecule has 0 bridgehead atoms. The standard InChI is InChI=1S/C30H24FN3O4S2/c1-16-7-9-18(10-8-16)15-39-30-33-32-29(40-30)34-25(21-5-3-4-6-22(21)31)24(27(36)28(34)37)26(35)19-11-12-23-20(14-19)13-17(2)38-23/h3-12,14,17,25,35H,13,15H2,1-2H3/t17-,25+/m0/s1. The van der Waals surface area contributed by atoms with Crippen LogP contribution in [0.2, 0.25) is 0 Å². The van der Waals surface area contributed by atoms with Gasteiger partial charge in [-0.2, -0.15) is 0 Å². The summed E-state index contributed by atoms with van der Waals surface area (Å²) in [6, 6.07) is 17.9. The number of halogens is 1. The number of anilines is 1. The second-order valence-electron chi connectivity index (χ2n) is 9.77. The van der Waals surface area contributed by atoms with Gasteiger partial charge in [-0.05, 0) is 49.2 Å². The lowest BCUT2D eigenvalue weighted by Crippen LogP contribution is -2.29. The monoisotopic (exact) mass is 573 g/mol. The number of hydrogen-bond acceptors (Lipinski definition) is 8. The molecule has 1 aromatic heterocycles. The molecule has 1 saturated heterocycles. The summed E-state index contributed by atoms with van der Waals surface area (Å²) >= 11 is 2.59. The van der Waals surface area contributed by atoms with Gasteiger partial charge < -0.3 is 9.84 Å². The summed E-state index contributed by atoms with van der Waals surface area (Å²) in [4.78, 5) is 28.0. The van der Waals surface area contributed by atoms with Crippen LogP contribution in [0.15, 0.2) is 76.6 Å². The van der Waals surface area contributed by atoms with Gasteiger partial charge in [-0.3, -0.25) is 14.5 Å². The van der Waals surface area contributed by atoms with E-state index in [1.807, 2.05) is 38.1 Å². The lowest BCUT2D eigenvalue weighted by molar-refractivity contribution is -0.132. The quantitative estimate of drug-likeness (QED) is 0.0961. The molecule has 1 fully saturated rings. The van der Waals surface area contributed by atoms with Gasteiger partial charge in [0, 0.05) is 23.3 Å². The average molecular weight is 574 g/mol. The third kappa shape index (κ3) is 4.77. The van der Waals surface area contributed by atoms with Gasteiger partial charge in [-0.15, -0.1) is 10.2 Å². The maximum Gasteiger partial charge on any atom is 0.301 e. The Bertz CT molecular complexity index is 1670. The normalized spacial score (nSPS) is 19.6. The summed E-state index contributed by atoms with van der Waals surface area (Å²) in [6.45, 7) is 3.96. The van der Waals surface area contributed by atoms with Crippen molar-refractivity contribution < 1.29 is 23.8 Å². The third-order valence-electron chi connectivity index (χ3n) is 6.90. The molecule has 3 heterocycles. The number of thioether (sulfide) groups is 1. The molecule has 0 unspecified atom stereocenters. The van der Waals surface area contributed by atoms with E-state index in [1.165, 1.54) is 35.5 Å². The number of amides is 1. The molecule has 1 N–H and O–H groups in total. The molecule has 7 nitrogen and oxygen atoms in total. The Morgan fingerprint density at radius 2 is 1.90 bits per heavy atom. The number of ether oxygens (including phenoxy) is 1. The minimum absolute atomic E-state index is 0.00753. The van der Waals surface area contributed by atoms with Crippen LogP contribution in [0.4, 0.5) is 9.52 Å². The molecule has 10 heteroatoms. The molecule has 3 aromatic carbocycles. The molecular weight excluding hydrogens is 549 g/mol. The van der Waals surface area contributed by atoms with Gasteiger partial charge in [0.2, 0.25) is 5.13 Å². The zero-order chi connectivity index (χ0) is 28.0. The first kappa shape index (κ1) is 26.2. The van der Waals surface area contributed by atoms with E-state index < -0.39 is 23.5 Å². The predicted octanol–water partition coefficient (Wildman–Crippen LogP) is 6.23. The van der Waals surface area contributed by atoms with Gasteiger partial charge in [-0.1, -0.05) is 71.1 Å². The Hall–Kier alpha value is -4.02. The van der Waals surface area contributed by atoms with Gasteiger partial charge >= 0.3 is 5.91 Å². The van der Waals surface area contributed by atoms with E-state index in [1.54, 1.807) is 24.3 Å². The summed E-state index contributed by atoms with van der Waals surface area (Å²) in [7, 11) is 0. The smallest absolute Gasteiger partial charge is 0.301 e. The maximum absolute atomic E-state index is 15.2. The fourth-order valence-corrected chi connectivity index (χ4v) is 6.76. The maximum atomic E-state index is 15.2. The Morgan fingerprint density at radius 1 is 1.12 bits per heavy atom. The van der Waals surface area contributed by atoms with Gasteiger partial charge in [0.15, 0.2) is 4.34 Å². The van der Waals surface area contributed by atoms with Gasteiger partial charge in [0.25, 0.3) is 5.78 Å². The van der Waals surface area contributed by atoms with Crippen molar-refractivity contribution in [2.24, 2.45) is 0 Å². The minimum atomic E-state index is -1.22. The molecular formula is C30H24FN3O4S2. The predicted molar refractivity (Wildman–Crippen MR) is 152 cm³/mol. The van der Waals surface area contributed by atoms with Crippen molar-refractivity contribution in [2.45, 2.75) is 42.5 Å². The van der Waals surface area contributed by atoms with Crippen LogP contribution in [0.5, 0.6) is 5.75 Å². The van der Waals surface area contributed by atoms with E-state index in [0.29, 0.717) is 27.8 Å². The highest BCUT2D eigenvalue weighted by molar-refractivity contribution is 8.00. The van der Waals surface area contributed by atoms with E-state index >= 15 is 4.39 Å². The van der Waals surface area contributed by atoms with E-state index in [2.05, 4.69) is 10.2 Å². The summed E-state index contributed by atoms with van der Waals surface area (Å²) in [6.07, 6.45) is 0.641. The van der Waals surface area contributed by atoms with Crippen LogP contribution in [0.1, 0.15) is 40.8 Å². The molecule has 0 aliphatic carbocycles. The first-order chi connectivity index (χ1) is 19.3. The van der Waals surface area contributed by atoms with Gasteiger partial charge in [0.05, 0.1) is 5.57 Å². The topological polar surface area (TPSA) is 92.6 Å². The summed E-state index contributed by atoms with van der Waals surface area (Å²) in [5.74, 6) is -1.46. The molecule has 6 rings (SSSR count). The highest BCUT2D eigenvalue weighted by atomic mass is 32.2. The van der Waals surface area contributed by atoms with E-state index in [9.17, 15) is 14.7 Å². The van der Waals surface area contributed by atoms with E-state index in [-0.39, 0.29) is 28.1 Å². The number of aryl methyl sites for hydroxylation is 1. The number of rotatable bonds is 6. The fraction of sp³-hybridized carbons (Fsp3) is 0.200. The molecule has 0 radical (unpaired) electrons. The number of aromatic nitrogens is 2. The number of ketones is 1. The molecule has 2 atom stereocenters. The first-order valence-corrected chi connectivity index (χ1v) is 14.5. The number of benzene rings is 3. The van der Waals surface area contributed by atoms with Gasteiger partial charge in [-0.25, -0.2) is 4.39 Å². The summed E-state index contributed by atoms with van der Waals surface area (Å²) < 4.78 is 21.5. The number of aliphatic hydroxyl groups is 1. The molecule has 40 heavy (non-hydrogen) atoms. The second-order valence-corrected chi connectivity index (χ2v) is 11.9. The molecule has 0 saturated carbocycles. The molecule has 0 spiro atoms. The summed E-state index contributed by atoms with van der Waals surface area (Å²) in [5, 5.41) is 20.0. The number of Topliss-reactive ketones (excluding diaryl/α,β-unsaturated/α-hetero) is 1. The minimum Gasteiger partial charge on any atom is -0.507 e. The van der Waals surface area contributed by atoms with Crippen LogP contribution < -0.4 is 9.64 Å². The van der Waals surface area contributed by atoms with Crippen molar-refractivity contribution in [2.75, 3.05) is 4.90 Å². The van der Waals surface area contributed by atoms with Crippen molar-refractivity contribution in [1.82, 2.24) is 10.2 Å². The average Bonchev–Trinajstić information content (AvgIpc) is 3.63. The second kappa shape index (κ2) is 10.5. The van der Waals surface area contributed by atoms with Crippen molar-refractivity contribution in [3.63, 3.8) is 0 Å². The summed E-state index contributed by atoms with van der Waals surface area (Å²) in [5.41, 5.74) is 3.37. The molecule has 1 amide bonds. The number of hydrogen-bond donors (Lipinski definition) is 1. The van der Waals surface area contributed by atoms with Crippen molar-refractivity contribution >= 4 is 45.7 Å². The highest BCUT2D eigenvalue weighted by Gasteiger charge is 2.49. The van der Waals surface area contributed by atoms with Crippen LogP contribution in [0, 0.1) is 12.7 Å². The lowest BCUT2D eigenvalue weighted by Gasteiger charge is -2.22. The van der Waals surface area contributed by atoms with Crippen molar-refractivity contribution in [3.05, 3.63) is 106 Å². The Labute approximate surface area is 238 Å². The number of aliphatic hydroxyl groups excluding tert-OH is 1. The fourth-order valence-electron chi connectivity index (χ4n) is 4.93. The van der Waals surface area contributed by atoms with E-state index in [0.717, 1.165) is 27.4 Å².